The van der Waals surface area contributed by atoms with Crippen molar-refractivity contribution in [2.24, 2.45) is 5.92 Å². The summed E-state index contributed by atoms with van der Waals surface area (Å²) in [5.74, 6) is 0.533. The van der Waals surface area contributed by atoms with Gasteiger partial charge in [-0.05, 0) is 38.1 Å². The lowest BCUT2D eigenvalue weighted by Gasteiger charge is -2.32. The van der Waals surface area contributed by atoms with Gasteiger partial charge in [0.25, 0.3) is 0 Å². The van der Waals surface area contributed by atoms with Crippen LogP contribution >= 0.6 is 0 Å². The Hall–Kier alpha value is -0.150. The lowest BCUT2D eigenvalue weighted by molar-refractivity contribution is 0.131. The first-order valence-electron chi connectivity index (χ1n) is 5.23. The standard InChI is InChI=1S/C10H19FNO/c11-5-4-10-3-1-6-12(9-10)7-2-8-13/h10H,1-9H2. The molecular formula is C10H19FNO. The Labute approximate surface area is 79.7 Å². The van der Waals surface area contributed by atoms with E-state index in [1.54, 1.807) is 0 Å². The van der Waals surface area contributed by atoms with Gasteiger partial charge >= 0.3 is 0 Å². The molecule has 3 heteroatoms. The Balaban J connectivity index is 2.16. The zero-order valence-electron chi connectivity index (χ0n) is 8.17. The summed E-state index contributed by atoms with van der Waals surface area (Å²) in [6.07, 6.45) is 3.78. The third-order valence-corrected chi connectivity index (χ3v) is 2.74. The molecule has 0 aliphatic carbocycles. The van der Waals surface area contributed by atoms with Crippen LogP contribution in [0.4, 0.5) is 4.39 Å². The van der Waals surface area contributed by atoms with Gasteiger partial charge in [0, 0.05) is 13.1 Å². The molecule has 1 radical (unpaired) electrons. The van der Waals surface area contributed by atoms with Crippen LogP contribution in [-0.2, 0) is 5.11 Å². The van der Waals surface area contributed by atoms with E-state index in [1.165, 1.54) is 6.42 Å². The maximum atomic E-state index is 12.1. The van der Waals surface area contributed by atoms with Crippen LogP contribution in [0.1, 0.15) is 25.7 Å². The molecule has 0 bridgehead atoms. The summed E-state index contributed by atoms with van der Waals surface area (Å²) in [6, 6.07) is 0. The van der Waals surface area contributed by atoms with Gasteiger partial charge in [-0.1, -0.05) is 0 Å². The molecule has 1 saturated heterocycles. The number of hydrogen-bond acceptors (Lipinski definition) is 1. The summed E-state index contributed by atoms with van der Waals surface area (Å²) in [4.78, 5) is 2.31. The molecule has 13 heavy (non-hydrogen) atoms. The zero-order valence-corrected chi connectivity index (χ0v) is 8.17. The normalized spacial score (nSPS) is 24.9. The summed E-state index contributed by atoms with van der Waals surface area (Å²) >= 11 is 0. The number of rotatable bonds is 5. The first-order chi connectivity index (χ1) is 6.36. The van der Waals surface area contributed by atoms with Crippen LogP contribution < -0.4 is 0 Å². The van der Waals surface area contributed by atoms with Crippen LogP contribution in [0.15, 0.2) is 0 Å². The summed E-state index contributed by atoms with van der Waals surface area (Å²) in [5.41, 5.74) is 0. The number of halogens is 1. The van der Waals surface area contributed by atoms with Crippen molar-refractivity contribution >= 4 is 0 Å². The summed E-state index contributed by atoms with van der Waals surface area (Å²) in [6.45, 7) is 2.84. The van der Waals surface area contributed by atoms with Crippen molar-refractivity contribution in [3.8, 4) is 0 Å². The molecule has 1 fully saturated rings. The fourth-order valence-corrected chi connectivity index (χ4v) is 2.03. The Kier molecular flexibility index (Phi) is 5.32. The predicted molar refractivity (Wildman–Crippen MR) is 49.9 cm³/mol. The van der Waals surface area contributed by atoms with Crippen LogP contribution in [-0.4, -0.2) is 37.8 Å². The van der Waals surface area contributed by atoms with Gasteiger partial charge in [-0.2, -0.15) is 0 Å². The molecule has 0 aromatic heterocycles. The average molecular weight is 188 g/mol. The SMILES string of the molecule is [O]CCCN1CCCC(CCF)C1. The van der Waals surface area contributed by atoms with E-state index in [2.05, 4.69) is 4.90 Å². The van der Waals surface area contributed by atoms with Crippen molar-refractivity contribution in [1.82, 2.24) is 4.90 Å². The molecule has 2 nitrogen and oxygen atoms in total. The average Bonchev–Trinajstić information content (AvgIpc) is 2.16. The van der Waals surface area contributed by atoms with E-state index >= 15 is 0 Å². The molecule has 1 rings (SSSR count). The molecule has 0 amide bonds. The molecule has 77 valence electrons. The van der Waals surface area contributed by atoms with Gasteiger partial charge in [0.05, 0.1) is 13.3 Å². The van der Waals surface area contributed by atoms with Gasteiger partial charge in [0.2, 0.25) is 0 Å². The molecule has 0 saturated carbocycles. The lowest BCUT2D eigenvalue weighted by atomic mass is 9.95. The highest BCUT2D eigenvalue weighted by atomic mass is 19.1. The minimum absolute atomic E-state index is 0.0181. The highest BCUT2D eigenvalue weighted by Gasteiger charge is 2.18. The van der Waals surface area contributed by atoms with Crippen molar-refractivity contribution in [2.75, 3.05) is 32.9 Å². The van der Waals surface area contributed by atoms with Gasteiger partial charge in [0.1, 0.15) is 0 Å². The molecule has 1 unspecified atom stereocenters. The monoisotopic (exact) mass is 188 g/mol. The van der Waals surface area contributed by atoms with Crippen LogP contribution in [0.25, 0.3) is 0 Å². The molecule has 1 aliphatic rings. The van der Waals surface area contributed by atoms with Gasteiger partial charge in [-0.25, -0.2) is 5.11 Å². The molecule has 1 atom stereocenters. The largest absolute Gasteiger partial charge is 0.303 e. The molecule has 0 aromatic carbocycles. The predicted octanol–water partition coefficient (Wildman–Crippen LogP) is 1.88. The highest BCUT2D eigenvalue weighted by Crippen LogP contribution is 2.19. The van der Waals surface area contributed by atoms with E-state index in [-0.39, 0.29) is 13.3 Å². The van der Waals surface area contributed by atoms with Crippen molar-refractivity contribution < 1.29 is 9.50 Å². The summed E-state index contributed by atoms with van der Waals surface area (Å²) < 4.78 is 12.1. The van der Waals surface area contributed by atoms with E-state index in [0.29, 0.717) is 12.3 Å². The number of likely N-dealkylation sites (tertiary alicyclic amines) is 1. The number of hydrogen-bond donors (Lipinski definition) is 0. The molecule has 0 N–H and O–H groups in total. The Morgan fingerprint density at radius 2 is 2.31 bits per heavy atom. The smallest absolute Gasteiger partial charge is 0.0897 e. The molecule has 1 aliphatic heterocycles. The van der Waals surface area contributed by atoms with Gasteiger partial charge in [-0.15, -0.1) is 0 Å². The minimum atomic E-state index is -0.194. The van der Waals surface area contributed by atoms with Crippen molar-refractivity contribution in [1.29, 1.82) is 0 Å². The number of nitrogens with zero attached hydrogens (tertiary/aromatic N) is 1. The first-order valence-corrected chi connectivity index (χ1v) is 5.23. The van der Waals surface area contributed by atoms with E-state index < -0.39 is 0 Å². The van der Waals surface area contributed by atoms with E-state index in [4.69, 9.17) is 0 Å². The van der Waals surface area contributed by atoms with Crippen molar-refractivity contribution in [3.63, 3.8) is 0 Å². The fourth-order valence-electron chi connectivity index (χ4n) is 2.03. The highest BCUT2D eigenvalue weighted by molar-refractivity contribution is 4.72. The van der Waals surface area contributed by atoms with Gasteiger partial charge < -0.3 is 4.90 Å². The maximum absolute atomic E-state index is 12.1. The topological polar surface area (TPSA) is 23.1 Å². The first kappa shape index (κ1) is 10.9. The Morgan fingerprint density at radius 3 is 3.00 bits per heavy atom. The molecule has 0 aromatic rings. The Morgan fingerprint density at radius 1 is 1.46 bits per heavy atom. The Bertz CT molecular complexity index is 130. The van der Waals surface area contributed by atoms with Crippen molar-refractivity contribution in [2.45, 2.75) is 25.7 Å². The lowest BCUT2D eigenvalue weighted by Crippen LogP contribution is -2.36. The number of alkyl halides is 1. The second-order valence-corrected chi connectivity index (χ2v) is 3.84. The van der Waals surface area contributed by atoms with Gasteiger partial charge in [-0.3, -0.25) is 4.39 Å². The minimum Gasteiger partial charge on any atom is -0.303 e. The van der Waals surface area contributed by atoms with Crippen LogP contribution in [0.3, 0.4) is 0 Å². The number of piperidine rings is 1. The molecule has 0 spiro atoms. The van der Waals surface area contributed by atoms with Crippen LogP contribution in [0.2, 0.25) is 0 Å². The van der Waals surface area contributed by atoms with E-state index in [1.807, 2.05) is 0 Å². The quantitative estimate of drug-likeness (QED) is 0.646. The van der Waals surface area contributed by atoms with E-state index in [9.17, 15) is 9.50 Å². The zero-order chi connectivity index (χ0) is 9.52. The van der Waals surface area contributed by atoms with Crippen LogP contribution in [0, 0.1) is 5.92 Å². The second-order valence-electron chi connectivity index (χ2n) is 3.84. The third-order valence-electron chi connectivity index (χ3n) is 2.74. The van der Waals surface area contributed by atoms with E-state index in [0.717, 1.165) is 32.5 Å². The summed E-state index contributed by atoms with van der Waals surface area (Å²) in [7, 11) is 0. The van der Waals surface area contributed by atoms with Gasteiger partial charge in [0.15, 0.2) is 0 Å². The summed E-state index contributed by atoms with van der Waals surface area (Å²) in [5, 5.41) is 10.3. The van der Waals surface area contributed by atoms with Crippen LogP contribution in [0.5, 0.6) is 0 Å². The van der Waals surface area contributed by atoms with Crippen molar-refractivity contribution in [3.05, 3.63) is 0 Å². The molecule has 1 heterocycles. The third kappa shape index (κ3) is 4.05. The maximum Gasteiger partial charge on any atom is 0.0897 e. The fraction of sp³-hybridized carbons (Fsp3) is 1.00. The molecular weight excluding hydrogens is 169 g/mol. The second kappa shape index (κ2) is 6.33.